The molecule has 0 aliphatic carbocycles. The standard InChI is InChI=1S/C23H32N4O/c1-25(19-21-9-4-2-5-10-21)16-13-24-23(28)27-15-8-14-26(17-18-27)20-22-11-6-3-7-12-22/h2-7,9-12H,8,13-20H2,1H3,(H,24,28). The summed E-state index contributed by atoms with van der Waals surface area (Å²) in [6, 6.07) is 21.0. The number of carbonyl (C=O) groups is 1. The van der Waals surface area contributed by atoms with Gasteiger partial charge >= 0.3 is 6.03 Å². The van der Waals surface area contributed by atoms with Crippen molar-refractivity contribution in [3.63, 3.8) is 0 Å². The van der Waals surface area contributed by atoms with Crippen molar-refractivity contribution in [1.82, 2.24) is 20.0 Å². The van der Waals surface area contributed by atoms with Crippen LogP contribution < -0.4 is 5.32 Å². The molecule has 1 saturated heterocycles. The number of rotatable bonds is 7. The minimum atomic E-state index is 0.0645. The normalized spacial score (nSPS) is 15.4. The van der Waals surface area contributed by atoms with Gasteiger partial charge in [0.1, 0.15) is 0 Å². The summed E-state index contributed by atoms with van der Waals surface area (Å²) in [5.74, 6) is 0. The van der Waals surface area contributed by atoms with Crippen LogP contribution in [0.15, 0.2) is 60.7 Å². The Kier molecular flexibility index (Phi) is 7.88. The SMILES string of the molecule is CN(CCNC(=O)N1CCCN(Cc2ccccc2)CC1)Cc1ccccc1. The monoisotopic (exact) mass is 380 g/mol. The zero-order valence-corrected chi connectivity index (χ0v) is 16.9. The van der Waals surface area contributed by atoms with Gasteiger partial charge in [-0.1, -0.05) is 60.7 Å². The Morgan fingerprint density at radius 3 is 2.32 bits per heavy atom. The Bertz CT molecular complexity index is 707. The summed E-state index contributed by atoms with van der Waals surface area (Å²) < 4.78 is 0. The predicted octanol–water partition coefficient (Wildman–Crippen LogP) is 3.04. The van der Waals surface area contributed by atoms with E-state index in [1.54, 1.807) is 0 Å². The quantitative estimate of drug-likeness (QED) is 0.802. The number of amides is 2. The molecule has 0 aromatic heterocycles. The zero-order chi connectivity index (χ0) is 19.6. The molecule has 1 heterocycles. The first kappa shape index (κ1) is 20.4. The highest BCUT2D eigenvalue weighted by molar-refractivity contribution is 5.74. The van der Waals surface area contributed by atoms with E-state index in [-0.39, 0.29) is 6.03 Å². The third-order valence-electron chi connectivity index (χ3n) is 5.19. The Labute approximate surface area is 168 Å². The number of hydrogen-bond donors (Lipinski definition) is 1. The third-order valence-corrected chi connectivity index (χ3v) is 5.19. The fourth-order valence-electron chi connectivity index (χ4n) is 3.61. The predicted molar refractivity (Wildman–Crippen MR) is 114 cm³/mol. The summed E-state index contributed by atoms with van der Waals surface area (Å²) in [5.41, 5.74) is 2.63. The largest absolute Gasteiger partial charge is 0.337 e. The molecule has 2 amide bonds. The molecule has 0 radical (unpaired) electrons. The molecule has 1 aliphatic heterocycles. The van der Waals surface area contributed by atoms with Gasteiger partial charge in [-0.05, 0) is 24.6 Å². The van der Waals surface area contributed by atoms with Crippen LogP contribution in [0.1, 0.15) is 17.5 Å². The van der Waals surface area contributed by atoms with Gasteiger partial charge in [-0.25, -0.2) is 4.79 Å². The maximum atomic E-state index is 12.5. The Morgan fingerprint density at radius 2 is 1.61 bits per heavy atom. The van der Waals surface area contributed by atoms with Crippen molar-refractivity contribution < 1.29 is 4.79 Å². The molecule has 0 unspecified atom stereocenters. The van der Waals surface area contributed by atoms with E-state index in [0.717, 1.165) is 52.2 Å². The molecule has 0 spiro atoms. The van der Waals surface area contributed by atoms with Gasteiger partial charge in [0.05, 0.1) is 0 Å². The lowest BCUT2D eigenvalue weighted by Gasteiger charge is -2.23. The molecule has 3 rings (SSSR count). The lowest BCUT2D eigenvalue weighted by Crippen LogP contribution is -2.44. The molecule has 2 aromatic carbocycles. The number of nitrogens with zero attached hydrogens (tertiary/aromatic N) is 3. The highest BCUT2D eigenvalue weighted by Gasteiger charge is 2.18. The van der Waals surface area contributed by atoms with E-state index in [1.165, 1.54) is 11.1 Å². The first-order valence-electron chi connectivity index (χ1n) is 10.2. The number of carbonyl (C=O) groups excluding carboxylic acids is 1. The van der Waals surface area contributed by atoms with Crippen LogP contribution in [0.25, 0.3) is 0 Å². The van der Waals surface area contributed by atoms with E-state index in [1.807, 2.05) is 11.0 Å². The molecule has 5 heteroatoms. The number of benzene rings is 2. The molecule has 2 aromatic rings. The average molecular weight is 381 g/mol. The van der Waals surface area contributed by atoms with Crippen LogP contribution >= 0.6 is 0 Å². The zero-order valence-electron chi connectivity index (χ0n) is 16.9. The van der Waals surface area contributed by atoms with Gasteiger partial charge in [0.25, 0.3) is 0 Å². The summed E-state index contributed by atoms with van der Waals surface area (Å²) in [6.07, 6.45) is 1.02. The van der Waals surface area contributed by atoms with Crippen LogP contribution in [0.3, 0.4) is 0 Å². The van der Waals surface area contributed by atoms with Crippen LogP contribution in [0.4, 0.5) is 4.79 Å². The van der Waals surface area contributed by atoms with E-state index < -0.39 is 0 Å². The van der Waals surface area contributed by atoms with Gasteiger partial charge in [0.2, 0.25) is 0 Å². The smallest absolute Gasteiger partial charge is 0.317 e. The highest BCUT2D eigenvalue weighted by atomic mass is 16.2. The van der Waals surface area contributed by atoms with E-state index >= 15 is 0 Å². The maximum Gasteiger partial charge on any atom is 0.317 e. The summed E-state index contributed by atoms with van der Waals surface area (Å²) in [6.45, 7) is 6.96. The van der Waals surface area contributed by atoms with Crippen molar-refractivity contribution in [2.75, 3.05) is 46.3 Å². The second kappa shape index (κ2) is 10.8. The molecule has 1 fully saturated rings. The van der Waals surface area contributed by atoms with Gasteiger partial charge in [0.15, 0.2) is 0 Å². The Balaban J connectivity index is 1.36. The maximum absolute atomic E-state index is 12.5. The topological polar surface area (TPSA) is 38.8 Å². The molecule has 1 N–H and O–H groups in total. The van der Waals surface area contributed by atoms with Crippen molar-refractivity contribution in [1.29, 1.82) is 0 Å². The van der Waals surface area contributed by atoms with Crippen molar-refractivity contribution in [2.45, 2.75) is 19.5 Å². The van der Waals surface area contributed by atoms with E-state index in [2.05, 4.69) is 76.8 Å². The van der Waals surface area contributed by atoms with Crippen LogP contribution in [-0.4, -0.2) is 67.0 Å². The van der Waals surface area contributed by atoms with Gasteiger partial charge in [-0.3, -0.25) is 4.90 Å². The molecule has 5 nitrogen and oxygen atoms in total. The minimum absolute atomic E-state index is 0.0645. The van der Waals surface area contributed by atoms with Gasteiger partial charge in [-0.15, -0.1) is 0 Å². The first-order valence-corrected chi connectivity index (χ1v) is 10.2. The average Bonchev–Trinajstić information content (AvgIpc) is 2.95. The van der Waals surface area contributed by atoms with Gasteiger partial charge in [-0.2, -0.15) is 0 Å². The van der Waals surface area contributed by atoms with Crippen LogP contribution in [0, 0.1) is 0 Å². The van der Waals surface area contributed by atoms with E-state index in [9.17, 15) is 4.79 Å². The molecule has 28 heavy (non-hydrogen) atoms. The fraction of sp³-hybridized carbons (Fsp3) is 0.435. The number of nitrogens with one attached hydrogen (secondary N) is 1. The van der Waals surface area contributed by atoms with E-state index in [0.29, 0.717) is 6.54 Å². The summed E-state index contributed by atoms with van der Waals surface area (Å²) in [7, 11) is 2.09. The second-order valence-electron chi connectivity index (χ2n) is 7.56. The highest BCUT2D eigenvalue weighted by Crippen LogP contribution is 2.09. The minimum Gasteiger partial charge on any atom is -0.337 e. The third kappa shape index (κ3) is 6.66. The van der Waals surface area contributed by atoms with Crippen LogP contribution in [0.5, 0.6) is 0 Å². The lowest BCUT2D eigenvalue weighted by atomic mass is 10.2. The summed E-state index contributed by atoms with van der Waals surface area (Å²) >= 11 is 0. The molecular weight excluding hydrogens is 348 g/mol. The Hall–Kier alpha value is -2.37. The molecule has 0 saturated carbocycles. The first-order chi connectivity index (χ1) is 13.7. The fourth-order valence-corrected chi connectivity index (χ4v) is 3.61. The molecule has 0 bridgehead atoms. The number of urea groups is 1. The molecule has 1 aliphatic rings. The number of hydrogen-bond acceptors (Lipinski definition) is 3. The number of likely N-dealkylation sites (N-methyl/N-ethyl adjacent to an activating group) is 1. The van der Waals surface area contributed by atoms with Gasteiger partial charge in [0, 0.05) is 52.4 Å². The molecular formula is C23H32N4O. The van der Waals surface area contributed by atoms with Crippen LogP contribution in [-0.2, 0) is 13.1 Å². The summed E-state index contributed by atoms with van der Waals surface area (Å²) in [5, 5.41) is 3.09. The van der Waals surface area contributed by atoms with Crippen molar-refractivity contribution in [2.24, 2.45) is 0 Å². The van der Waals surface area contributed by atoms with Crippen molar-refractivity contribution in [3.05, 3.63) is 71.8 Å². The Morgan fingerprint density at radius 1 is 0.929 bits per heavy atom. The summed E-state index contributed by atoms with van der Waals surface area (Å²) in [4.78, 5) is 19.2. The molecule has 0 atom stereocenters. The molecule has 150 valence electrons. The second-order valence-corrected chi connectivity index (χ2v) is 7.56. The van der Waals surface area contributed by atoms with Gasteiger partial charge < -0.3 is 15.1 Å². The van der Waals surface area contributed by atoms with Crippen LogP contribution in [0.2, 0.25) is 0 Å². The van der Waals surface area contributed by atoms with Crippen molar-refractivity contribution >= 4 is 6.03 Å². The van der Waals surface area contributed by atoms with E-state index in [4.69, 9.17) is 0 Å². The van der Waals surface area contributed by atoms with Crippen molar-refractivity contribution in [3.8, 4) is 0 Å². The lowest BCUT2D eigenvalue weighted by molar-refractivity contribution is 0.195.